The summed E-state index contributed by atoms with van der Waals surface area (Å²) in [7, 11) is -3.64. The summed E-state index contributed by atoms with van der Waals surface area (Å²) in [5, 5.41) is 3.61. The molecule has 0 aromatic heterocycles. The SMILES string of the molecule is O=C(CN1CCN(S(=O)(=O)c2ccccc2Cl)CC1)Nc1ccc(Cl)cc1. The van der Waals surface area contributed by atoms with Crippen molar-refractivity contribution in [2.45, 2.75) is 4.90 Å². The first-order valence-corrected chi connectivity index (χ1v) is 10.6. The van der Waals surface area contributed by atoms with Crippen molar-refractivity contribution in [3.05, 3.63) is 58.6 Å². The fourth-order valence-electron chi connectivity index (χ4n) is 2.86. The van der Waals surface area contributed by atoms with E-state index in [2.05, 4.69) is 5.32 Å². The largest absolute Gasteiger partial charge is 0.325 e. The number of amides is 1. The Hall–Kier alpha value is -1.64. The Morgan fingerprint density at radius 1 is 0.963 bits per heavy atom. The molecular formula is C18H19Cl2N3O3S. The van der Waals surface area contributed by atoms with Gasteiger partial charge in [0.05, 0.1) is 11.6 Å². The van der Waals surface area contributed by atoms with Gasteiger partial charge >= 0.3 is 0 Å². The third kappa shape index (κ3) is 5.00. The molecule has 1 N–H and O–H groups in total. The number of benzene rings is 2. The highest BCUT2D eigenvalue weighted by molar-refractivity contribution is 7.89. The van der Waals surface area contributed by atoms with Gasteiger partial charge in [0.2, 0.25) is 15.9 Å². The molecule has 1 heterocycles. The summed E-state index contributed by atoms with van der Waals surface area (Å²) >= 11 is 11.9. The number of halogens is 2. The molecule has 0 bridgehead atoms. The molecule has 144 valence electrons. The lowest BCUT2D eigenvalue weighted by Crippen LogP contribution is -2.50. The molecule has 1 aliphatic rings. The lowest BCUT2D eigenvalue weighted by Gasteiger charge is -2.33. The maximum atomic E-state index is 12.7. The van der Waals surface area contributed by atoms with E-state index in [0.29, 0.717) is 36.9 Å². The van der Waals surface area contributed by atoms with Crippen LogP contribution in [0.15, 0.2) is 53.4 Å². The normalized spacial score (nSPS) is 16.2. The molecule has 1 fully saturated rings. The van der Waals surface area contributed by atoms with Gasteiger partial charge in [-0.3, -0.25) is 9.69 Å². The van der Waals surface area contributed by atoms with Gasteiger partial charge in [-0.2, -0.15) is 4.31 Å². The van der Waals surface area contributed by atoms with Crippen LogP contribution in [0.1, 0.15) is 0 Å². The first-order chi connectivity index (χ1) is 12.9. The van der Waals surface area contributed by atoms with Crippen molar-refractivity contribution < 1.29 is 13.2 Å². The minimum Gasteiger partial charge on any atom is -0.325 e. The topological polar surface area (TPSA) is 69.7 Å². The van der Waals surface area contributed by atoms with Gasteiger partial charge < -0.3 is 5.32 Å². The molecule has 6 nitrogen and oxygen atoms in total. The zero-order valence-electron chi connectivity index (χ0n) is 14.4. The van der Waals surface area contributed by atoms with E-state index in [4.69, 9.17) is 23.2 Å². The molecule has 9 heteroatoms. The van der Waals surface area contributed by atoms with Gasteiger partial charge in [-0.15, -0.1) is 0 Å². The fourth-order valence-corrected chi connectivity index (χ4v) is 4.90. The van der Waals surface area contributed by atoms with E-state index in [0.717, 1.165) is 0 Å². The van der Waals surface area contributed by atoms with Crippen molar-refractivity contribution in [2.24, 2.45) is 0 Å². The van der Waals surface area contributed by atoms with Crippen molar-refractivity contribution in [1.82, 2.24) is 9.21 Å². The van der Waals surface area contributed by atoms with Gasteiger partial charge in [-0.05, 0) is 36.4 Å². The van der Waals surface area contributed by atoms with E-state index < -0.39 is 10.0 Å². The van der Waals surface area contributed by atoms with E-state index in [9.17, 15) is 13.2 Å². The quantitative estimate of drug-likeness (QED) is 0.795. The Balaban J connectivity index is 1.55. The Kier molecular flexibility index (Phi) is 6.39. The van der Waals surface area contributed by atoms with Crippen molar-refractivity contribution in [1.29, 1.82) is 0 Å². The van der Waals surface area contributed by atoms with Crippen LogP contribution >= 0.6 is 23.2 Å². The average molecular weight is 428 g/mol. The monoisotopic (exact) mass is 427 g/mol. The van der Waals surface area contributed by atoms with E-state index in [-0.39, 0.29) is 22.4 Å². The molecule has 1 saturated heterocycles. The Bertz CT molecular complexity index is 912. The molecular weight excluding hydrogens is 409 g/mol. The number of anilines is 1. The molecule has 0 unspecified atom stereocenters. The number of sulfonamides is 1. The predicted molar refractivity (Wildman–Crippen MR) is 107 cm³/mol. The third-order valence-corrected chi connectivity index (χ3v) is 6.93. The molecule has 0 atom stereocenters. The van der Waals surface area contributed by atoms with Crippen molar-refractivity contribution >= 4 is 44.8 Å². The van der Waals surface area contributed by atoms with Crippen LogP contribution in [0.2, 0.25) is 10.0 Å². The minimum atomic E-state index is -3.64. The summed E-state index contributed by atoms with van der Waals surface area (Å²) in [6.45, 7) is 1.75. The molecule has 2 aromatic carbocycles. The van der Waals surface area contributed by atoms with Gasteiger partial charge in [-0.25, -0.2) is 8.42 Å². The highest BCUT2D eigenvalue weighted by Gasteiger charge is 2.30. The number of carbonyl (C=O) groups excluding carboxylic acids is 1. The molecule has 0 spiro atoms. The summed E-state index contributed by atoms with van der Waals surface area (Å²) < 4.78 is 26.9. The van der Waals surface area contributed by atoms with Crippen LogP contribution in [-0.2, 0) is 14.8 Å². The zero-order valence-corrected chi connectivity index (χ0v) is 16.8. The lowest BCUT2D eigenvalue weighted by molar-refractivity contribution is -0.117. The molecule has 0 radical (unpaired) electrons. The first-order valence-electron chi connectivity index (χ1n) is 8.39. The van der Waals surface area contributed by atoms with Crippen LogP contribution in [0.4, 0.5) is 5.69 Å². The maximum Gasteiger partial charge on any atom is 0.244 e. The summed E-state index contributed by atoms with van der Waals surface area (Å²) in [5.74, 6) is -0.153. The van der Waals surface area contributed by atoms with Crippen LogP contribution in [-0.4, -0.2) is 56.3 Å². The van der Waals surface area contributed by atoms with Crippen LogP contribution in [0.25, 0.3) is 0 Å². The minimum absolute atomic E-state index is 0.112. The van der Waals surface area contributed by atoms with Crippen LogP contribution in [0, 0.1) is 0 Å². The number of nitrogens with zero attached hydrogens (tertiary/aromatic N) is 2. The van der Waals surface area contributed by atoms with E-state index in [1.165, 1.54) is 10.4 Å². The van der Waals surface area contributed by atoms with Gasteiger partial charge in [0, 0.05) is 36.9 Å². The van der Waals surface area contributed by atoms with Crippen LogP contribution in [0.3, 0.4) is 0 Å². The zero-order chi connectivity index (χ0) is 19.4. The Morgan fingerprint density at radius 3 is 2.22 bits per heavy atom. The molecule has 0 aliphatic carbocycles. The van der Waals surface area contributed by atoms with E-state index in [1.54, 1.807) is 42.5 Å². The molecule has 2 aromatic rings. The van der Waals surface area contributed by atoms with Crippen LogP contribution in [0.5, 0.6) is 0 Å². The number of hydrogen-bond acceptors (Lipinski definition) is 4. The van der Waals surface area contributed by atoms with E-state index >= 15 is 0 Å². The second kappa shape index (κ2) is 8.58. The molecule has 1 amide bonds. The molecule has 1 aliphatic heterocycles. The standard InChI is InChI=1S/C18H19Cl2N3O3S/c19-14-5-7-15(8-6-14)21-18(24)13-22-9-11-23(12-10-22)27(25,26)17-4-2-1-3-16(17)20/h1-8H,9-13H2,(H,21,24). The molecule has 0 saturated carbocycles. The van der Waals surface area contributed by atoms with Crippen molar-refractivity contribution in [3.63, 3.8) is 0 Å². The third-order valence-electron chi connectivity index (χ3n) is 4.28. The Labute approximate surface area is 168 Å². The highest BCUT2D eigenvalue weighted by atomic mass is 35.5. The molecule has 27 heavy (non-hydrogen) atoms. The highest BCUT2D eigenvalue weighted by Crippen LogP contribution is 2.25. The van der Waals surface area contributed by atoms with Gasteiger partial charge in [0.1, 0.15) is 4.90 Å². The predicted octanol–water partition coefficient (Wildman–Crippen LogP) is 2.94. The van der Waals surface area contributed by atoms with Gasteiger partial charge in [0.15, 0.2) is 0 Å². The average Bonchev–Trinajstić information content (AvgIpc) is 2.64. The second-order valence-corrected chi connectivity index (χ2v) is 8.92. The van der Waals surface area contributed by atoms with E-state index in [1.807, 2.05) is 4.90 Å². The summed E-state index contributed by atoms with van der Waals surface area (Å²) in [6.07, 6.45) is 0. The van der Waals surface area contributed by atoms with Gasteiger partial charge in [0.25, 0.3) is 0 Å². The summed E-state index contributed by atoms with van der Waals surface area (Å²) in [6, 6.07) is 13.3. The smallest absolute Gasteiger partial charge is 0.244 e. The van der Waals surface area contributed by atoms with Crippen molar-refractivity contribution in [3.8, 4) is 0 Å². The van der Waals surface area contributed by atoms with Gasteiger partial charge in [-0.1, -0.05) is 35.3 Å². The summed E-state index contributed by atoms with van der Waals surface area (Å²) in [5.41, 5.74) is 0.671. The first kappa shape index (κ1) is 20.1. The number of nitrogens with one attached hydrogen (secondary N) is 1. The number of piperazine rings is 1. The van der Waals surface area contributed by atoms with Crippen LogP contribution < -0.4 is 5.32 Å². The second-order valence-electron chi connectivity index (χ2n) is 6.17. The van der Waals surface area contributed by atoms with Crippen molar-refractivity contribution in [2.75, 3.05) is 38.0 Å². The fraction of sp³-hybridized carbons (Fsp3) is 0.278. The summed E-state index contributed by atoms with van der Waals surface area (Å²) in [4.78, 5) is 14.2. The number of hydrogen-bond donors (Lipinski definition) is 1. The Morgan fingerprint density at radius 2 is 1.59 bits per heavy atom. The maximum absolute atomic E-state index is 12.7. The molecule has 3 rings (SSSR count). The number of carbonyl (C=O) groups is 1. The lowest BCUT2D eigenvalue weighted by atomic mass is 10.3. The number of rotatable bonds is 5.